The van der Waals surface area contributed by atoms with Crippen LogP contribution in [0.1, 0.15) is 32.5 Å². The molecule has 0 aliphatic rings. The SMILES string of the molecule is CCCc1nn(C(=O)NS(=O)(=O)/N=c2/sccn2CCC)c(=O)n1C. The molecule has 2 aromatic rings. The summed E-state index contributed by atoms with van der Waals surface area (Å²) in [6, 6.07) is -1.16. The molecule has 0 radical (unpaired) electrons. The van der Waals surface area contributed by atoms with E-state index in [-0.39, 0.29) is 4.80 Å². The standard InChI is InChI=1S/C13H20N6O4S2/c1-4-6-10-14-19(13(21)17(10)3)11(20)15-25(22,23)16-12-18(7-5-2)8-9-24-12/h8-9H,4-7H2,1-3H3,(H,15,20)/b16-12+. The first-order valence-corrected chi connectivity index (χ1v) is 10.0. The second kappa shape index (κ2) is 7.78. The molecular formula is C13H20N6O4S2. The van der Waals surface area contributed by atoms with Crippen molar-refractivity contribution < 1.29 is 13.2 Å². The summed E-state index contributed by atoms with van der Waals surface area (Å²) in [5.74, 6) is 0.399. The number of carbonyl (C=O) groups is 1. The van der Waals surface area contributed by atoms with Gasteiger partial charge in [-0.2, -0.15) is 8.42 Å². The molecular weight excluding hydrogens is 368 g/mol. The predicted octanol–water partition coefficient (Wildman–Crippen LogP) is 0.211. The van der Waals surface area contributed by atoms with Gasteiger partial charge in [-0.25, -0.2) is 14.3 Å². The Hall–Kier alpha value is -2.21. The summed E-state index contributed by atoms with van der Waals surface area (Å²) >= 11 is 1.13. The largest absolute Gasteiger partial charge is 0.361 e. The number of nitrogens with zero attached hydrogens (tertiary/aromatic N) is 5. The average molecular weight is 388 g/mol. The van der Waals surface area contributed by atoms with Gasteiger partial charge in [0.15, 0.2) is 0 Å². The van der Waals surface area contributed by atoms with Crippen LogP contribution in [0.2, 0.25) is 0 Å². The summed E-state index contributed by atoms with van der Waals surface area (Å²) < 4.78 is 32.9. The first kappa shape index (κ1) is 19.1. The molecule has 2 rings (SSSR count). The van der Waals surface area contributed by atoms with Gasteiger partial charge in [-0.05, 0) is 12.8 Å². The Balaban J connectivity index is 2.29. The number of amides is 1. The van der Waals surface area contributed by atoms with E-state index in [1.807, 2.05) is 13.8 Å². The molecule has 0 atom stereocenters. The molecule has 0 aliphatic carbocycles. The minimum atomic E-state index is -4.32. The number of aryl methyl sites for hydroxylation is 2. The van der Waals surface area contributed by atoms with Crippen molar-refractivity contribution in [1.29, 1.82) is 0 Å². The van der Waals surface area contributed by atoms with Gasteiger partial charge >= 0.3 is 21.9 Å². The van der Waals surface area contributed by atoms with E-state index in [9.17, 15) is 18.0 Å². The van der Waals surface area contributed by atoms with Crippen molar-refractivity contribution in [3.63, 3.8) is 0 Å². The van der Waals surface area contributed by atoms with Gasteiger partial charge in [-0.3, -0.25) is 4.57 Å². The first-order chi connectivity index (χ1) is 11.8. The molecule has 10 nitrogen and oxygen atoms in total. The van der Waals surface area contributed by atoms with E-state index in [1.165, 1.54) is 11.6 Å². The third-order valence-electron chi connectivity index (χ3n) is 3.28. The maximum absolute atomic E-state index is 12.1. The number of hydrogen-bond acceptors (Lipinski definition) is 6. The Morgan fingerprint density at radius 2 is 2.08 bits per heavy atom. The number of nitrogens with one attached hydrogen (secondary N) is 1. The minimum Gasteiger partial charge on any atom is -0.323 e. The highest BCUT2D eigenvalue weighted by Gasteiger charge is 2.20. The fourth-order valence-corrected chi connectivity index (χ4v) is 3.86. The first-order valence-electron chi connectivity index (χ1n) is 7.71. The van der Waals surface area contributed by atoms with E-state index in [4.69, 9.17) is 0 Å². The van der Waals surface area contributed by atoms with E-state index >= 15 is 0 Å². The van der Waals surface area contributed by atoms with Crippen molar-refractivity contribution in [3.8, 4) is 0 Å². The number of aromatic nitrogens is 4. The summed E-state index contributed by atoms with van der Waals surface area (Å²) in [5, 5.41) is 5.57. The fourth-order valence-electron chi connectivity index (χ4n) is 2.11. The highest BCUT2D eigenvalue weighted by atomic mass is 32.2. The monoisotopic (exact) mass is 388 g/mol. The van der Waals surface area contributed by atoms with Crippen LogP contribution in [-0.2, 0) is 30.2 Å². The summed E-state index contributed by atoms with van der Waals surface area (Å²) in [7, 11) is -2.84. The molecule has 2 aromatic heterocycles. The Morgan fingerprint density at radius 1 is 1.36 bits per heavy atom. The molecule has 0 aromatic carbocycles. The average Bonchev–Trinajstić information content (AvgIpc) is 3.06. The quantitative estimate of drug-likeness (QED) is 0.758. The molecule has 0 spiro atoms. The highest BCUT2D eigenvalue weighted by Crippen LogP contribution is 1.97. The van der Waals surface area contributed by atoms with E-state index < -0.39 is 21.9 Å². The number of carbonyl (C=O) groups excluding carboxylic acids is 1. The summed E-state index contributed by atoms with van der Waals surface area (Å²) in [6.45, 7) is 4.46. The fraction of sp³-hybridized carbons (Fsp3) is 0.538. The maximum atomic E-state index is 12.1. The van der Waals surface area contributed by atoms with Crippen LogP contribution in [0.5, 0.6) is 0 Å². The smallest absolute Gasteiger partial charge is 0.323 e. The van der Waals surface area contributed by atoms with Gasteiger partial charge in [-0.15, -0.1) is 25.5 Å². The third kappa shape index (κ3) is 4.45. The van der Waals surface area contributed by atoms with E-state index in [1.54, 1.807) is 20.9 Å². The molecule has 1 N–H and O–H groups in total. The molecule has 0 saturated carbocycles. The normalized spacial score (nSPS) is 12.5. The Labute approximate surface area is 148 Å². The Bertz CT molecular complexity index is 979. The molecule has 0 unspecified atom stereocenters. The summed E-state index contributed by atoms with van der Waals surface area (Å²) in [6.07, 6.45) is 3.75. The molecule has 0 saturated heterocycles. The van der Waals surface area contributed by atoms with Crippen LogP contribution in [0.3, 0.4) is 0 Å². The number of hydrogen-bond donors (Lipinski definition) is 1. The zero-order valence-electron chi connectivity index (χ0n) is 14.2. The van der Waals surface area contributed by atoms with Gasteiger partial charge in [0.25, 0.3) is 0 Å². The second-order valence-corrected chi connectivity index (χ2v) is 7.48. The Kier molecular flexibility index (Phi) is 5.95. The van der Waals surface area contributed by atoms with Gasteiger partial charge in [0, 0.05) is 31.6 Å². The van der Waals surface area contributed by atoms with Crippen molar-refractivity contribution in [2.75, 3.05) is 0 Å². The van der Waals surface area contributed by atoms with Crippen LogP contribution in [0.4, 0.5) is 4.79 Å². The van der Waals surface area contributed by atoms with Gasteiger partial charge < -0.3 is 4.57 Å². The summed E-state index contributed by atoms with van der Waals surface area (Å²) in [5.41, 5.74) is -0.715. The molecule has 0 bridgehead atoms. The van der Waals surface area contributed by atoms with Crippen LogP contribution in [0, 0.1) is 0 Å². The van der Waals surface area contributed by atoms with Crippen LogP contribution >= 0.6 is 11.3 Å². The van der Waals surface area contributed by atoms with Gasteiger partial charge in [0.05, 0.1) is 0 Å². The molecule has 12 heteroatoms. The van der Waals surface area contributed by atoms with Crippen molar-refractivity contribution >= 4 is 27.6 Å². The van der Waals surface area contributed by atoms with E-state index in [0.717, 1.165) is 24.2 Å². The van der Waals surface area contributed by atoms with Gasteiger partial charge in [0.2, 0.25) is 4.80 Å². The van der Waals surface area contributed by atoms with E-state index in [2.05, 4.69) is 9.50 Å². The lowest BCUT2D eigenvalue weighted by atomic mass is 10.3. The lowest BCUT2D eigenvalue weighted by Gasteiger charge is -2.02. The second-order valence-electron chi connectivity index (χ2n) is 5.27. The van der Waals surface area contributed by atoms with Gasteiger partial charge in [-0.1, -0.05) is 13.8 Å². The van der Waals surface area contributed by atoms with E-state index in [0.29, 0.717) is 23.5 Å². The van der Waals surface area contributed by atoms with Gasteiger partial charge in [0.1, 0.15) is 5.82 Å². The van der Waals surface area contributed by atoms with Crippen LogP contribution < -0.4 is 15.2 Å². The number of thiazole rings is 1. The number of rotatable bonds is 6. The lowest BCUT2D eigenvalue weighted by molar-refractivity contribution is 0.243. The summed E-state index contributed by atoms with van der Waals surface area (Å²) in [4.78, 5) is 24.4. The zero-order valence-corrected chi connectivity index (χ0v) is 15.8. The molecule has 0 fully saturated rings. The van der Waals surface area contributed by atoms with Crippen molar-refractivity contribution in [3.05, 3.63) is 32.7 Å². The molecule has 0 aliphatic heterocycles. The van der Waals surface area contributed by atoms with Crippen molar-refractivity contribution in [2.24, 2.45) is 11.4 Å². The molecule has 25 heavy (non-hydrogen) atoms. The van der Waals surface area contributed by atoms with Crippen LogP contribution in [0.25, 0.3) is 0 Å². The van der Waals surface area contributed by atoms with Crippen molar-refractivity contribution in [1.82, 2.24) is 23.6 Å². The predicted molar refractivity (Wildman–Crippen MR) is 92.5 cm³/mol. The molecule has 2 heterocycles. The highest BCUT2D eigenvalue weighted by molar-refractivity contribution is 7.88. The lowest BCUT2D eigenvalue weighted by Crippen LogP contribution is -2.40. The maximum Gasteiger partial charge on any atom is 0.361 e. The molecule has 1 amide bonds. The topological polar surface area (TPSA) is 120 Å². The zero-order chi connectivity index (χ0) is 18.6. The minimum absolute atomic E-state index is 0.238. The third-order valence-corrected chi connectivity index (χ3v) is 5.03. The van der Waals surface area contributed by atoms with Crippen LogP contribution in [-0.4, -0.2) is 33.4 Å². The molecule has 138 valence electrons. The Morgan fingerprint density at radius 3 is 2.72 bits per heavy atom. The van der Waals surface area contributed by atoms with Crippen molar-refractivity contribution in [2.45, 2.75) is 39.7 Å². The van der Waals surface area contributed by atoms with Crippen LogP contribution in [0.15, 0.2) is 20.8 Å².